The molecule has 0 aliphatic heterocycles. The summed E-state index contributed by atoms with van der Waals surface area (Å²) >= 11 is 0. The zero-order valence-electron chi connectivity index (χ0n) is 18.2. The van der Waals surface area contributed by atoms with Gasteiger partial charge < -0.3 is 5.73 Å². The highest BCUT2D eigenvalue weighted by molar-refractivity contribution is 6.06. The lowest BCUT2D eigenvalue weighted by molar-refractivity contribution is 0.0980. The number of aromatic nitrogens is 4. The second kappa shape index (κ2) is 9.47. The number of hydrogen-bond donors (Lipinski definition) is 2. The highest BCUT2D eigenvalue weighted by Gasteiger charge is 2.27. The number of nitrogens with one attached hydrogen (secondary N) is 1. The van der Waals surface area contributed by atoms with Crippen LogP contribution in [0.25, 0.3) is 11.0 Å². The molecule has 0 atom stereocenters. The summed E-state index contributed by atoms with van der Waals surface area (Å²) in [7, 11) is 0. The Balaban J connectivity index is 1.85. The quantitative estimate of drug-likeness (QED) is 0.451. The van der Waals surface area contributed by atoms with Gasteiger partial charge in [0.15, 0.2) is 5.69 Å². The molecule has 9 heteroatoms. The number of carbonyl (C=O) groups excluding carboxylic acids is 1. The van der Waals surface area contributed by atoms with Crippen LogP contribution in [0.4, 0.5) is 11.5 Å². The van der Waals surface area contributed by atoms with Crippen molar-refractivity contribution in [1.82, 2.24) is 19.5 Å². The molecule has 0 aliphatic carbocycles. The Hall–Kier alpha value is -4.27. The Kier molecular flexibility index (Phi) is 6.30. The van der Waals surface area contributed by atoms with E-state index in [1.807, 2.05) is 43.3 Å². The van der Waals surface area contributed by atoms with Crippen molar-refractivity contribution in [2.45, 2.75) is 32.9 Å². The van der Waals surface area contributed by atoms with Crippen LogP contribution < -0.4 is 21.9 Å². The van der Waals surface area contributed by atoms with Crippen molar-refractivity contribution in [2.75, 3.05) is 10.6 Å². The number of unbranched alkanes of at least 4 members (excludes halogenated alkanes) is 1. The lowest BCUT2D eigenvalue weighted by Crippen LogP contribution is -2.41. The minimum absolute atomic E-state index is 0.0600. The van der Waals surface area contributed by atoms with E-state index in [1.54, 1.807) is 18.2 Å². The van der Waals surface area contributed by atoms with E-state index in [2.05, 4.69) is 15.0 Å². The van der Waals surface area contributed by atoms with Gasteiger partial charge in [0.1, 0.15) is 11.5 Å². The van der Waals surface area contributed by atoms with Crippen LogP contribution in [-0.4, -0.2) is 25.4 Å². The molecule has 2 heterocycles. The fourth-order valence-corrected chi connectivity index (χ4v) is 3.59. The number of fused-ring (bicyclic) bond motifs is 1. The Morgan fingerprint density at radius 2 is 1.76 bits per heavy atom. The van der Waals surface area contributed by atoms with Gasteiger partial charge in [-0.2, -0.15) is 0 Å². The van der Waals surface area contributed by atoms with Crippen LogP contribution in [0.3, 0.4) is 0 Å². The first-order valence-electron chi connectivity index (χ1n) is 10.7. The number of benzene rings is 2. The van der Waals surface area contributed by atoms with Crippen LogP contribution in [-0.2, 0) is 13.1 Å². The normalized spacial score (nSPS) is 10.9. The third-order valence-electron chi connectivity index (χ3n) is 5.32. The van der Waals surface area contributed by atoms with Crippen molar-refractivity contribution in [2.24, 2.45) is 0 Å². The maximum absolute atomic E-state index is 13.6. The van der Waals surface area contributed by atoms with E-state index in [4.69, 9.17) is 5.73 Å². The summed E-state index contributed by atoms with van der Waals surface area (Å²) in [5.41, 5.74) is 6.92. The topological polar surface area (TPSA) is 127 Å². The monoisotopic (exact) mass is 444 g/mol. The summed E-state index contributed by atoms with van der Waals surface area (Å²) < 4.78 is 1.29. The number of amides is 1. The Morgan fingerprint density at radius 3 is 2.48 bits per heavy atom. The van der Waals surface area contributed by atoms with E-state index in [0.29, 0.717) is 24.0 Å². The van der Waals surface area contributed by atoms with Crippen LogP contribution in [0.5, 0.6) is 0 Å². The molecule has 0 radical (unpaired) electrons. The fourth-order valence-electron chi connectivity index (χ4n) is 3.59. The van der Waals surface area contributed by atoms with Crippen molar-refractivity contribution in [1.29, 1.82) is 0 Å². The molecular weight excluding hydrogens is 420 g/mol. The molecule has 2 aromatic heterocycles. The number of carbonyl (C=O) groups is 1. The van der Waals surface area contributed by atoms with E-state index in [1.165, 1.54) is 15.7 Å². The average molecular weight is 444 g/mol. The molecule has 0 unspecified atom stereocenters. The van der Waals surface area contributed by atoms with E-state index in [9.17, 15) is 14.4 Å². The predicted octanol–water partition coefficient (Wildman–Crippen LogP) is 2.71. The predicted molar refractivity (Wildman–Crippen MR) is 127 cm³/mol. The maximum atomic E-state index is 13.6. The number of nitrogen functional groups attached to an aromatic ring is 1. The van der Waals surface area contributed by atoms with Crippen molar-refractivity contribution in [3.63, 3.8) is 0 Å². The van der Waals surface area contributed by atoms with Gasteiger partial charge in [0.25, 0.3) is 11.5 Å². The van der Waals surface area contributed by atoms with Crippen LogP contribution in [0, 0.1) is 0 Å². The number of nitrogens with zero attached hydrogens (tertiary/aromatic N) is 4. The molecule has 4 aromatic rings. The Bertz CT molecular complexity index is 1410. The minimum atomic E-state index is -0.733. The van der Waals surface area contributed by atoms with Crippen molar-refractivity contribution < 1.29 is 4.79 Å². The molecule has 0 bridgehead atoms. The fraction of sp³-hybridized carbons (Fsp3) is 0.208. The number of para-hydroxylation sites is 2. The van der Waals surface area contributed by atoms with Gasteiger partial charge in [-0.05, 0) is 24.1 Å². The molecule has 0 saturated carbocycles. The number of hydrogen-bond acceptors (Lipinski definition) is 6. The highest BCUT2D eigenvalue weighted by atomic mass is 16.2. The molecule has 168 valence electrons. The summed E-state index contributed by atoms with van der Waals surface area (Å²) in [5.74, 6) is -0.606. The van der Waals surface area contributed by atoms with Crippen LogP contribution >= 0.6 is 0 Å². The first-order chi connectivity index (χ1) is 16.0. The summed E-state index contributed by atoms with van der Waals surface area (Å²) in [6.45, 7) is 2.37. The molecule has 3 N–H and O–H groups in total. The lowest BCUT2D eigenvalue weighted by Gasteiger charge is -2.24. The Morgan fingerprint density at radius 1 is 1.06 bits per heavy atom. The van der Waals surface area contributed by atoms with E-state index in [0.717, 1.165) is 12.0 Å². The molecule has 2 aromatic carbocycles. The van der Waals surface area contributed by atoms with Gasteiger partial charge >= 0.3 is 5.69 Å². The van der Waals surface area contributed by atoms with Gasteiger partial charge in [0.05, 0.1) is 23.8 Å². The SMILES string of the molecule is CCCCn1c(N)c(N(Cc2ccccc2)C(=O)c2cnc3ccccc3n2)c(=O)[nH]c1=O. The Labute approximate surface area is 189 Å². The van der Waals surface area contributed by atoms with Crippen molar-refractivity contribution in [3.05, 3.63) is 92.9 Å². The molecule has 1 amide bonds. The average Bonchev–Trinajstić information content (AvgIpc) is 2.83. The maximum Gasteiger partial charge on any atom is 0.330 e. The van der Waals surface area contributed by atoms with Gasteiger partial charge in [0, 0.05) is 6.54 Å². The number of nitrogens with two attached hydrogens (primary N) is 1. The largest absolute Gasteiger partial charge is 0.383 e. The standard InChI is InChI=1S/C24H24N6O3/c1-2-3-13-29-21(25)20(22(31)28-24(29)33)30(15-16-9-5-4-6-10-16)23(32)19-14-26-17-11-7-8-12-18(17)27-19/h4-12,14H,2-3,13,15,25H2,1H3,(H,28,31,33). The van der Waals surface area contributed by atoms with Gasteiger partial charge in [0.2, 0.25) is 0 Å². The van der Waals surface area contributed by atoms with Gasteiger partial charge in [-0.15, -0.1) is 0 Å². The molecule has 9 nitrogen and oxygen atoms in total. The summed E-state index contributed by atoms with van der Waals surface area (Å²) in [5, 5.41) is 0. The zero-order chi connectivity index (χ0) is 23.4. The van der Waals surface area contributed by atoms with Crippen molar-refractivity contribution in [3.8, 4) is 0 Å². The first-order valence-corrected chi connectivity index (χ1v) is 10.7. The lowest BCUT2D eigenvalue weighted by atomic mass is 10.2. The molecule has 0 aliphatic rings. The minimum Gasteiger partial charge on any atom is -0.383 e. The van der Waals surface area contributed by atoms with Crippen LogP contribution in [0.2, 0.25) is 0 Å². The second-order valence-electron chi connectivity index (χ2n) is 7.62. The van der Waals surface area contributed by atoms with Crippen LogP contribution in [0.15, 0.2) is 70.4 Å². The number of aromatic amines is 1. The van der Waals surface area contributed by atoms with E-state index >= 15 is 0 Å². The first kappa shape index (κ1) is 21.9. The van der Waals surface area contributed by atoms with Gasteiger partial charge in [-0.25, -0.2) is 9.78 Å². The summed E-state index contributed by atoms with van der Waals surface area (Å²) in [6, 6.07) is 16.4. The second-order valence-corrected chi connectivity index (χ2v) is 7.62. The van der Waals surface area contributed by atoms with Gasteiger partial charge in [-0.1, -0.05) is 55.8 Å². The third-order valence-corrected chi connectivity index (χ3v) is 5.32. The number of H-pyrrole nitrogens is 1. The molecule has 33 heavy (non-hydrogen) atoms. The molecule has 0 saturated heterocycles. The van der Waals surface area contributed by atoms with Crippen LogP contribution in [0.1, 0.15) is 35.8 Å². The summed E-state index contributed by atoms with van der Waals surface area (Å²) in [6.07, 6.45) is 2.90. The smallest absolute Gasteiger partial charge is 0.330 e. The zero-order valence-corrected chi connectivity index (χ0v) is 18.2. The van der Waals surface area contributed by atoms with Crippen molar-refractivity contribution >= 4 is 28.4 Å². The van der Waals surface area contributed by atoms with E-state index < -0.39 is 17.2 Å². The molecule has 0 fully saturated rings. The number of anilines is 2. The third kappa shape index (κ3) is 4.52. The molecule has 4 rings (SSSR count). The molecule has 0 spiro atoms. The summed E-state index contributed by atoms with van der Waals surface area (Å²) in [4.78, 5) is 51.2. The highest BCUT2D eigenvalue weighted by Crippen LogP contribution is 2.22. The van der Waals surface area contributed by atoms with E-state index in [-0.39, 0.29) is 23.7 Å². The number of rotatable bonds is 7. The molecular formula is C24H24N6O3. The van der Waals surface area contributed by atoms with Gasteiger partial charge in [-0.3, -0.25) is 29.0 Å².